The van der Waals surface area contributed by atoms with Gasteiger partial charge >= 0.3 is 5.97 Å². The number of hydrogen-bond donors (Lipinski definition) is 1. The van der Waals surface area contributed by atoms with E-state index in [4.69, 9.17) is 4.74 Å². The fourth-order valence-corrected chi connectivity index (χ4v) is 3.04. The number of carbonyl (C=O) groups is 3. The molecule has 0 unspecified atom stereocenters. The van der Waals surface area contributed by atoms with Crippen LogP contribution >= 0.6 is 0 Å². The Bertz CT molecular complexity index is 704. The molecule has 2 fully saturated rings. The van der Waals surface area contributed by atoms with Gasteiger partial charge in [-0.2, -0.15) is 0 Å². The van der Waals surface area contributed by atoms with Gasteiger partial charge in [0, 0.05) is 25.2 Å². The summed E-state index contributed by atoms with van der Waals surface area (Å²) in [6.07, 6.45) is 5.70. The third-order valence-corrected chi connectivity index (χ3v) is 4.94. The van der Waals surface area contributed by atoms with E-state index in [9.17, 15) is 14.4 Å². The molecule has 6 nitrogen and oxygen atoms in total. The SMILES string of the molecule is C[C@@H](OC(=O)C1CCN(C(=O)/C=C/c2ccccc2)CC1)C(=O)NC1CC1. The third-order valence-electron chi connectivity index (χ3n) is 4.94. The molecular formula is C21H26N2O4. The van der Waals surface area contributed by atoms with E-state index in [0.717, 1.165) is 18.4 Å². The number of amides is 2. The minimum Gasteiger partial charge on any atom is -0.452 e. The van der Waals surface area contributed by atoms with Crippen molar-refractivity contribution in [3.63, 3.8) is 0 Å². The van der Waals surface area contributed by atoms with E-state index < -0.39 is 6.10 Å². The lowest BCUT2D eigenvalue weighted by molar-refractivity contribution is -0.160. The zero-order chi connectivity index (χ0) is 19.2. The predicted molar refractivity (Wildman–Crippen MR) is 101 cm³/mol. The Kier molecular flexibility index (Phi) is 6.27. The number of benzene rings is 1. The van der Waals surface area contributed by atoms with E-state index in [0.29, 0.717) is 25.9 Å². The lowest BCUT2D eigenvalue weighted by atomic mass is 9.97. The van der Waals surface area contributed by atoms with Crippen LogP contribution in [0.3, 0.4) is 0 Å². The van der Waals surface area contributed by atoms with Gasteiger partial charge in [-0.15, -0.1) is 0 Å². The van der Waals surface area contributed by atoms with E-state index in [1.807, 2.05) is 30.3 Å². The Morgan fingerprint density at radius 3 is 2.41 bits per heavy atom. The Hall–Kier alpha value is -2.63. The molecule has 1 aliphatic heterocycles. The summed E-state index contributed by atoms with van der Waals surface area (Å²) in [7, 11) is 0. The fourth-order valence-electron chi connectivity index (χ4n) is 3.04. The first-order valence-corrected chi connectivity index (χ1v) is 9.56. The molecule has 1 N–H and O–H groups in total. The standard InChI is InChI=1S/C21H26N2O4/c1-15(20(25)22-18-8-9-18)27-21(26)17-11-13-23(14-12-17)19(24)10-7-16-5-3-2-4-6-16/h2-7,10,15,17-18H,8-9,11-14H2,1H3,(H,22,25)/b10-7+/t15-/m1/s1. The summed E-state index contributed by atoms with van der Waals surface area (Å²) >= 11 is 0. The van der Waals surface area contributed by atoms with Gasteiger partial charge in [-0.25, -0.2) is 0 Å². The van der Waals surface area contributed by atoms with Gasteiger partial charge in [0.15, 0.2) is 6.10 Å². The average Bonchev–Trinajstić information content (AvgIpc) is 3.51. The summed E-state index contributed by atoms with van der Waals surface area (Å²) in [4.78, 5) is 38.2. The molecule has 1 heterocycles. The molecule has 1 saturated heterocycles. The number of piperidine rings is 1. The van der Waals surface area contributed by atoms with Gasteiger partial charge in [-0.1, -0.05) is 30.3 Å². The fraction of sp³-hybridized carbons (Fsp3) is 0.476. The van der Waals surface area contributed by atoms with Crippen molar-refractivity contribution in [2.24, 2.45) is 5.92 Å². The van der Waals surface area contributed by atoms with E-state index in [1.165, 1.54) is 0 Å². The number of nitrogens with zero attached hydrogens (tertiary/aromatic N) is 1. The summed E-state index contributed by atoms with van der Waals surface area (Å²) in [6, 6.07) is 9.90. The van der Waals surface area contributed by atoms with Crippen molar-refractivity contribution >= 4 is 23.9 Å². The molecule has 1 aromatic carbocycles. The summed E-state index contributed by atoms with van der Waals surface area (Å²) in [6.45, 7) is 2.63. The number of likely N-dealkylation sites (tertiary alicyclic amines) is 1. The molecule has 0 radical (unpaired) electrons. The van der Waals surface area contributed by atoms with Crippen LogP contribution in [0.25, 0.3) is 6.08 Å². The maximum absolute atomic E-state index is 12.3. The molecule has 1 saturated carbocycles. The molecule has 2 aliphatic rings. The first-order chi connectivity index (χ1) is 13.0. The second-order valence-corrected chi connectivity index (χ2v) is 7.21. The van der Waals surface area contributed by atoms with Crippen molar-refractivity contribution in [3.05, 3.63) is 42.0 Å². The van der Waals surface area contributed by atoms with E-state index in [1.54, 1.807) is 24.0 Å². The van der Waals surface area contributed by atoms with Crippen LogP contribution in [0.2, 0.25) is 0 Å². The van der Waals surface area contributed by atoms with E-state index in [2.05, 4.69) is 5.32 Å². The number of hydrogen-bond acceptors (Lipinski definition) is 4. The highest BCUT2D eigenvalue weighted by Crippen LogP contribution is 2.21. The van der Waals surface area contributed by atoms with Gasteiger partial charge in [0.2, 0.25) is 5.91 Å². The van der Waals surface area contributed by atoms with Gasteiger partial charge in [0.25, 0.3) is 5.91 Å². The molecule has 1 aromatic rings. The highest BCUT2D eigenvalue weighted by atomic mass is 16.5. The van der Waals surface area contributed by atoms with Gasteiger partial charge in [0.1, 0.15) is 0 Å². The normalized spacial score (nSPS) is 18.9. The zero-order valence-corrected chi connectivity index (χ0v) is 15.6. The van der Waals surface area contributed by atoms with Crippen molar-refractivity contribution in [3.8, 4) is 0 Å². The minimum absolute atomic E-state index is 0.0529. The Morgan fingerprint density at radius 1 is 1.11 bits per heavy atom. The number of rotatable bonds is 6. The molecule has 0 bridgehead atoms. The smallest absolute Gasteiger partial charge is 0.309 e. The first-order valence-electron chi connectivity index (χ1n) is 9.56. The topological polar surface area (TPSA) is 75.7 Å². The summed E-state index contributed by atoms with van der Waals surface area (Å²) < 4.78 is 5.31. The maximum Gasteiger partial charge on any atom is 0.309 e. The third kappa shape index (κ3) is 5.67. The van der Waals surface area contributed by atoms with E-state index >= 15 is 0 Å². The Morgan fingerprint density at radius 2 is 1.78 bits per heavy atom. The first kappa shape index (κ1) is 19.1. The van der Waals surface area contributed by atoms with Gasteiger partial charge < -0.3 is 15.0 Å². The molecule has 1 aliphatic carbocycles. The monoisotopic (exact) mass is 370 g/mol. The molecule has 0 aromatic heterocycles. The van der Waals surface area contributed by atoms with Crippen LogP contribution in [-0.4, -0.2) is 47.9 Å². The molecule has 0 spiro atoms. The van der Waals surface area contributed by atoms with Crippen molar-refractivity contribution in [2.45, 2.75) is 44.8 Å². The molecule has 1 atom stereocenters. The predicted octanol–water partition coefficient (Wildman–Crippen LogP) is 2.15. The van der Waals surface area contributed by atoms with Crippen LogP contribution in [0.4, 0.5) is 0 Å². The second-order valence-electron chi connectivity index (χ2n) is 7.21. The average molecular weight is 370 g/mol. The van der Waals surface area contributed by atoms with Gasteiger partial charge in [-0.05, 0) is 44.2 Å². The molecule has 3 rings (SSSR count). The van der Waals surface area contributed by atoms with Crippen LogP contribution < -0.4 is 5.32 Å². The highest BCUT2D eigenvalue weighted by Gasteiger charge is 2.31. The number of carbonyl (C=O) groups excluding carboxylic acids is 3. The van der Waals surface area contributed by atoms with Crippen LogP contribution in [0.5, 0.6) is 0 Å². The molecular weight excluding hydrogens is 344 g/mol. The maximum atomic E-state index is 12.3. The summed E-state index contributed by atoms with van der Waals surface area (Å²) in [5.74, 6) is -0.893. The molecule has 144 valence electrons. The number of esters is 1. The Balaban J connectivity index is 1.42. The van der Waals surface area contributed by atoms with Crippen molar-refractivity contribution in [2.75, 3.05) is 13.1 Å². The second kappa shape index (κ2) is 8.84. The lowest BCUT2D eigenvalue weighted by Crippen LogP contribution is -2.42. The van der Waals surface area contributed by atoms with Crippen molar-refractivity contribution in [1.29, 1.82) is 0 Å². The molecule has 2 amide bonds. The Labute approximate surface area is 159 Å². The minimum atomic E-state index is -0.772. The molecule has 6 heteroatoms. The summed E-state index contributed by atoms with van der Waals surface area (Å²) in [5, 5.41) is 2.83. The largest absolute Gasteiger partial charge is 0.452 e. The van der Waals surface area contributed by atoms with Crippen molar-refractivity contribution < 1.29 is 19.1 Å². The summed E-state index contributed by atoms with van der Waals surface area (Å²) in [5.41, 5.74) is 0.975. The van der Waals surface area contributed by atoms with Gasteiger partial charge in [0.05, 0.1) is 5.92 Å². The number of nitrogens with one attached hydrogen (secondary N) is 1. The van der Waals surface area contributed by atoms with Crippen LogP contribution in [0.1, 0.15) is 38.2 Å². The lowest BCUT2D eigenvalue weighted by Gasteiger charge is -2.30. The van der Waals surface area contributed by atoms with Crippen LogP contribution in [0, 0.1) is 5.92 Å². The number of ether oxygens (including phenoxy) is 1. The zero-order valence-electron chi connectivity index (χ0n) is 15.6. The quantitative estimate of drug-likeness (QED) is 0.615. The molecule has 27 heavy (non-hydrogen) atoms. The van der Waals surface area contributed by atoms with Crippen molar-refractivity contribution in [1.82, 2.24) is 10.2 Å². The highest BCUT2D eigenvalue weighted by molar-refractivity contribution is 5.92. The van der Waals surface area contributed by atoms with E-state index in [-0.39, 0.29) is 29.7 Å². The van der Waals surface area contributed by atoms with Crippen LogP contribution in [0.15, 0.2) is 36.4 Å². The van der Waals surface area contributed by atoms with Gasteiger partial charge in [-0.3, -0.25) is 14.4 Å². The van der Waals surface area contributed by atoms with Crippen LogP contribution in [-0.2, 0) is 19.1 Å².